The molecule has 0 atom stereocenters. The molecule has 8 heteroatoms. The van der Waals surface area contributed by atoms with Crippen molar-refractivity contribution in [3.8, 4) is 28.6 Å². The summed E-state index contributed by atoms with van der Waals surface area (Å²) in [5, 5.41) is 18.5. The largest absolute Gasteiger partial charge is 0.493 e. The zero-order valence-corrected chi connectivity index (χ0v) is 11.7. The van der Waals surface area contributed by atoms with Gasteiger partial charge in [0.15, 0.2) is 11.5 Å². The molecule has 0 aliphatic heterocycles. The Morgan fingerprint density at radius 2 is 1.40 bits per heavy atom. The summed E-state index contributed by atoms with van der Waals surface area (Å²) in [5.74, 6) is 2.25. The van der Waals surface area contributed by atoms with Gasteiger partial charge in [-0.05, 0) is 12.1 Å². The Morgan fingerprint density at radius 1 is 0.850 bits per heavy atom. The molecule has 106 valence electrons. The Balaban J connectivity index is 2.50. The molecule has 0 aliphatic carbocycles. The van der Waals surface area contributed by atoms with Gasteiger partial charge in [0.05, 0.1) is 21.3 Å². The molecule has 1 aromatic heterocycles. The molecule has 0 radical (unpaired) electrons. The van der Waals surface area contributed by atoms with E-state index in [9.17, 15) is 0 Å². The minimum absolute atomic E-state index is 0.348. The zero-order chi connectivity index (χ0) is 14.5. The van der Waals surface area contributed by atoms with E-state index in [1.165, 1.54) is 0 Å². The van der Waals surface area contributed by atoms with Gasteiger partial charge < -0.3 is 19.5 Å². The Bertz CT molecular complexity index is 563. The molecule has 0 amide bonds. The van der Waals surface area contributed by atoms with Crippen LogP contribution in [0.15, 0.2) is 12.1 Å². The first-order valence-electron chi connectivity index (χ1n) is 5.79. The van der Waals surface area contributed by atoms with Crippen LogP contribution in [0.3, 0.4) is 0 Å². The van der Waals surface area contributed by atoms with Crippen molar-refractivity contribution < 1.29 is 14.2 Å². The van der Waals surface area contributed by atoms with E-state index < -0.39 is 0 Å². The lowest BCUT2D eigenvalue weighted by atomic mass is 10.1. The van der Waals surface area contributed by atoms with Crippen LogP contribution in [0.1, 0.15) is 0 Å². The second-order valence-electron chi connectivity index (χ2n) is 3.71. The van der Waals surface area contributed by atoms with E-state index in [1.54, 1.807) is 40.5 Å². The van der Waals surface area contributed by atoms with E-state index in [1.807, 2.05) is 0 Å². The van der Waals surface area contributed by atoms with E-state index in [0.717, 1.165) is 0 Å². The van der Waals surface area contributed by atoms with Gasteiger partial charge in [0.25, 0.3) is 5.95 Å². The van der Waals surface area contributed by atoms with Crippen molar-refractivity contribution in [1.29, 1.82) is 0 Å². The van der Waals surface area contributed by atoms with Gasteiger partial charge >= 0.3 is 0 Å². The average Bonchev–Trinajstić information content (AvgIpc) is 2.53. The Labute approximate surface area is 116 Å². The number of hydrogen-bond acceptors (Lipinski definition) is 8. The van der Waals surface area contributed by atoms with Crippen LogP contribution in [0.2, 0.25) is 0 Å². The lowest BCUT2D eigenvalue weighted by molar-refractivity contribution is 0.324. The number of nitrogens with one attached hydrogen (secondary N) is 1. The van der Waals surface area contributed by atoms with Crippen molar-refractivity contribution in [2.24, 2.45) is 0 Å². The summed E-state index contributed by atoms with van der Waals surface area (Å²) in [6.45, 7) is 0. The third-order valence-corrected chi connectivity index (χ3v) is 2.63. The molecule has 2 rings (SSSR count). The van der Waals surface area contributed by atoms with Crippen LogP contribution in [0.25, 0.3) is 11.4 Å². The molecule has 0 spiro atoms. The van der Waals surface area contributed by atoms with Crippen LogP contribution >= 0.6 is 0 Å². The quantitative estimate of drug-likeness (QED) is 0.865. The number of methoxy groups -OCH3 is 3. The van der Waals surface area contributed by atoms with Crippen molar-refractivity contribution in [1.82, 2.24) is 20.4 Å². The first-order valence-corrected chi connectivity index (χ1v) is 5.79. The fraction of sp³-hybridized carbons (Fsp3) is 0.333. The summed E-state index contributed by atoms with van der Waals surface area (Å²) in [6.07, 6.45) is 0. The molecule has 0 aliphatic rings. The van der Waals surface area contributed by atoms with Gasteiger partial charge in [-0.1, -0.05) is 0 Å². The Kier molecular flexibility index (Phi) is 4.14. The normalized spacial score (nSPS) is 10.0. The summed E-state index contributed by atoms with van der Waals surface area (Å²) in [5.41, 5.74) is 0.669. The lowest BCUT2D eigenvalue weighted by Crippen LogP contribution is -2.03. The molecule has 8 nitrogen and oxygen atoms in total. The minimum Gasteiger partial charge on any atom is -0.493 e. The van der Waals surface area contributed by atoms with E-state index >= 15 is 0 Å². The fourth-order valence-electron chi connectivity index (χ4n) is 1.66. The van der Waals surface area contributed by atoms with Crippen molar-refractivity contribution >= 4 is 5.95 Å². The highest BCUT2D eigenvalue weighted by molar-refractivity contribution is 5.66. The molecule has 1 N–H and O–H groups in total. The van der Waals surface area contributed by atoms with E-state index in [4.69, 9.17) is 14.2 Å². The summed E-state index contributed by atoms with van der Waals surface area (Å²) in [6, 6.07) is 3.47. The molecule has 0 saturated heterocycles. The van der Waals surface area contributed by atoms with Gasteiger partial charge in [-0.3, -0.25) is 0 Å². The molecule has 20 heavy (non-hydrogen) atoms. The van der Waals surface area contributed by atoms with Crippen LogP contribution in [0.5, 0.6) is 17.2 Å². The predicted octanol–water partition coefficient (Wildman–Crippen LogP) is 1.00. The topological polar surface area (TPSA) is 91.3 Å². The lowest BCUT2D eigenvalue weighted by Gasteiger charge is -2.13. The first kappa shape index (κ1) is 13.8. The van der Waals surface area contributed by atoms with Crippen molar-refractivity contribution in [2.75, 3.05) is 33.7 Å². The third kappa shape index (κ3) is 2.53. The second kappa shape index (κ2) is 6.00. The van der Waals surface area contributed by atoms with Crippen molar-refractivity contribution in [2.45, 2.75) is 0 Å². The van der Waals surface area contributed by atoms with Crippen molar-refractivity contribution in [3.05, 3.63) is 12.1 Å². The second-order valence-corrected chi connectivity index (χ2v) is 3.71. The minimum atomic E-state index is 0.348. The van der Waals surface area contributed by atoms with Gasteiger partial charge in [0.2, 0.25) is 11.6 Å². The molecule has 1 heterocycles. The van der Waals surface area contributed by atoms with Crippen LogP contribution in [-0.2, 0) is 0 Å². The highest BCUT2D eigenvalue weighted by Crippen LogP contribution is 2.40. The van der Waals surface area contributed by atoms with Crippen LogP contribution < -0.4 is 19.5 Å². The number of benzene rings is 1. The number of ether oxygens (including phenoxy) is 3. The van der Waals surface area contributed by atoms with Crippen molar-refractivity contribution in [3.63, 3.8) is 0 Å². The Morgan fingerprint density at radius 3 is 1.80 bits per heavy atom. The van der Waals surface area contributed by atoms with E-state index in [2.05, 4.69) is 25.7 Å². The highest BCUT2D eigenvalue weighted by Gasteiger charge is 2.15. The van der Waals surface area contributed by atoms with Crippen LogP contribution in [0, 0.1) is 0 Å². The molecular weight excluding hydrogens is 262 g/mol. The summed E-state index contributed by atoms with van der Waals surface area (Å²) in [7, 11) is 6.32. The van der Waals surface area contributed by atoms with Gasteiger partial charge in [-0.15, -0.1) is 20.4 Å². The average molecular weight is 277 g/mol. The van der Waals surface area contributed by atoms with E-state index in [0.29, 0.717) is 34.6 Å². The first-order chi connectivity index (χ1) is 9.73. The maximum Gasteiger partial charge on any atom is 0.261 e. The number of aromatic nitrogens is 4. The molecule has 2 aromatic rings. The predicted molar refractivity (Wildman–Crippen MR) is 72.3 cm³/mol. The Hall–Kier alpha value is -2.64. The number of nitrogens with zero attached hydrogens (tertiary/aromatic N) is 4. The fourth-order valence-corrected chi connectivity index (χ4v) is 1.66. The number of anilines is 1. The summed E-state index contributed by atoms with van der Waals surface area (Å²) >= 11 is 0. The van der Waals surface area contributed by atoms with Gasteiger partial charge in [-0.25, -0.2) is 0 Å². The number of hydrogen-bond donors (Lipinski definition) is 1. The zero-order valence-electron chi connectivity index (χ0n) is 11.7. The molecule has 0 unspecified atom stereocenters. The SMILES string of the molecule is CNc1nnc(-c2cc(OC)c(OC)c(OC)c2)nn1. The van der Waals surface area contributed by atoms with Crippen LogP contribution in [0.4, 0.5) is 5.95 Å². The van der Waals surface area contributed by atoms with Gasteiger partial charge in [0.1, 0.15) is 0 Å². The van der Waals surface area contributed by atoms with E-state index in [-0.39, 0.29) is 0 Å². The maximum absolute atomic E-state index is 5.27. The smallest absolute Gasteiger partial charge is 0.261 e. The maximum atomic E-state index is 5.27. The van der Waals surface area contributed by atoms with Gasteiger partial charge in [0, 0.05) is 12.6 Å². The standard InChI is InChI=1S/C12H15N5O3/c1-13-12-16-14-11(15-17-12)7-5-8(18-2)10(20-4)9(6-7)19-3/h5-6H,1-4H3,(H,13,16,17). The molecule has 0 bridgehead atoms. The molecule has 1 aromatic carbocycles. The van der Waals surface area contributed by atoms with Gasteiger partial charge in [-0.2, -0.15) is 0 Å². The summed E-state index contributed by atoms with van der Waals surface area (Å²) < 4.78 is 15.8. The summed E-state index contributed by atoms with van der Waals surface area (Å²) in [4.78, 5) is 0. The molecule has 0 fully saturated rings. The monoisotopic (exact) mass is 277 g/mol. The molecule has 0 saturated carbocycles. The molecular formula is C12H15N5O3. The van der Waals surface area contributed by atoms with Crippen LogP contribution in [-0.4, -0.2) is 48.8 Å². The highest BCUT2D eigenvalue weighted by atomic mass is 16.5. The number of rotatable bonds is 5. The third-order valence-electron chi connectivity index (χ3n) is 2.63.